The van der Waals surface area contributed by atoms with Gasteiger partial charge in [0.2, 0.25) is 5.89 Å². The fraction of sp³-hybridized carbons (Fsp3) is 0.300. The van der Waals surface area contributed by atoms with Crippen molar-refractivity contribution >= 4 is 11.8 Å². The molecule has 2 rings (SSSR count). The zero-order valence-electron chi connectivity index (χ0n) is 8.97. The molecule has 0 amide bonds. The first kappa shape index (κ1) is 11.1. The summed E-state index contributed by atoms with van der Waals surface area (Å²) in [4.78, 5) is 4.23. The molecule has 5 nitrogen and oxygen atoms in total. The zero-order chi connectivity index (χ0) is 11.5. The number of hydrogen-bond donors (Lipinski definition) is 1. The molecule has 0 unspecified atom stereocenters. The lowest BCUT2D eigenvalue weighted by molar-refractivity contribution is 0.281. The van der Waals surface area contributed by atoms with Gasteiger partial charge in [-0.25, -0.2) is 4.98 Å². The van der Waals surface area contributed by atoms with Gasteiger partial charge in [-0.1, -0.05) is 0 Å². The summed E-state index contributed by atoms with van der Waals surface area (Å²) >= 11 is 1.32. The Morgan fingerprint density at radius 1 is 1.38 bits per heavy atom. The maximum absolute atomic E-state index is 8.96. The number of aliphatic hydroxyl groups excluding tert-OH is 1. The van der Waals surface area contributed by atoms with Gasteiger partial charge < -0.3 is 9.52 Å². The van der Waals surface area contributed by atoms with Crippen molar-refractivity contribution in [3.8, 4) is 0 Å². The lowest BCUT2D eigenvalue weighted by atomic mass is 10.2. The molecule has 0 spiro atoms. The van der Waals surface area contributed by atoms with Gasteiger partial charge in [0, 0.05) is 13.1 Å². The molecule has 0 saturated carbocycles. The minimum absolute atomic E-state index is 0.00154. The van der Waals surface area contributed by atoms with Gasteiger partial charge in [0.15, 0.2) is 0 Å². The summed E-state index contributed by atoms with van der Waals surface area (Å²) < 4.78 is 5.25. The van der Waals surface area contributed by atoms with Crippen molar-refractivity contribution in [2.24, 2.45) is 0 Å². The third-order valence-corrected chi connectivity index (χ3v) is 2.92. The van der Waals surface area contributed by atoms with Gasteiger partial charge in [0.05, 0.1) is 6.61 Å². The van der Waals surface area contributed by atoms with E-state index in [2.05, 4.69) is 15.2 Å². The highest BCUT2D eigenvalue weighted by molar-refractivity contribution is 7.99. The van der Waals surface area contributed by atoms with E-state index >= 15 is 0 Å². The zero-order valence-corrected chi connectivity index (χ0v) is 9.78. The molecule has 2 aromatic rings. The molecule has 16 heavy (non-hydrogen) atoms. The minimum atomic E-state index is -0.00154. The fourth-order valence-corrected chi connectivity index (χ4v) is 1.95. The molecular formula is C10H11N3O2S. The van der Waals surface area contributed by atoms with Gasteiger partial charge in [-0.3, -0.25) is 0 Å². The summed E-state index contributed by atoms with van der Waals surface area (Å²) in [5.74, 6) is 0.534. The molecule has 0 atom stereocenters. The van der Waals surface area contributed by atoms with Crippen LogP contribution in [0.2, 0.25) is 0 Å². The fourth-order valence-electron chi connectivity index (χ4n) is 1.22. The number of nitrogens with zero attached hydrogens (tertiary/aromatic N) is 3. The maximum atomic E-state index is 8.96. The summed E-state index contributed by atoms with van der Waals surface area (Å²) in [5, 5.41) is 17.9. The van der Waals surface area contributed by atoms with E-state index in [1.807, 2.05) is 13.0 Å². The van der Waals surface area contributed by atoms with Crippen LogP contribution in [0, 0.1) is 13.8 Å². The Morgan fingerprint density at radius 2 is 2.19 bits per heavy atom. The summed E-state index contributed by atoms with van der Waals surface area (Å²) in [6, 6.07) is 1.89. The van der Waals surface area contributed by atoms with E-state index in [4.69, 9.17) is 9.52 Å². The largest absolute Gasteiger partial charge is 0.416 e. The predicted octanol–water partition coefficient (Wildman–Crippen LogP) is 1.72. The summed E-state index contributed by atoms with van der Waals surface area (Å²) in [7, 11) is 0. The molecule has 0 aliphatic heterocycles. The molecule has 2 heterocycles. The Morgan fingerprint density at radius 3 is 2.75 bits per heavy atom. The van der Waals surface area contributed by atoms with Crippen LogP contribution in [0.1, 0.15) is 17.0 Å². The summed E-state index contributed by atoms with van der Waals surface area (Å²) in [6.45, 7) is 3.67. The van der Waals surface area contributed by atoms with Gasteiger partial charge in [-0.05, 0) is 35.9 Å². The van der Waals surface area contributed by atoms with Crippen LogP contribution in [-0.4, -0.2) is 20.3 Å². The molecular weight excluding hydrogens is 226 g/mol. The molecule has 6 heteroatoms. The molecule has 0 fully saturated rings. The molecule has 0 bridgehead atoms. The molecule has 0 saturated heterocycles. The van der Waals surface area contributed by atoms with E-state index in [0.29, 0.717) is 11.1 Å². The van der Waals surface area contributed by atoms with Gasteiger partial charge in [-0.15, -0.1) is 10.2 Å². The van der Waals surface area contributed by atoms with E-state index in [9.17, 15) is 0 Å². The molecule has 84 valence electrons. The standard InChI is InChI=1S/C10H11N3O2S/c1-6-3-8(5-14)4-11-9(6)16-10-13-12-7(2)15-10/h3-4,14H,5H2,1-2H3. The van der Waals surface area contributed by atoms with Crippen molar-refractivity contribution in [2.75, 3.05) is 0 Å². The summed E-state index contributed by atoms with van der Waals surface area (Å²) in [6.07, 6.45) is 1.64. The SMILES string of the molecule is Cc1nnc(Sc2ncc(CO)cc2C)o1. The highest BCUT2D eigenvalue weighted by Gasteiger charge is 2.08. The quantitative estimate of drug-likeness (QED) is 0.876. The van der Waals surface area contributed by atoms with Crippen LogP contribution < -0.4 is 0 Å². The van der Waals surface area contributed by atoms with Crippen molar-refractivity contribution in [2.45, 2.75) is 30.7 Å². The van der Waals surface area contributed by atoms with E-state index < -0.39 is 0 Å². The molecule has 0 aliphatic rings. The van der Waals surface area contributed by atoms with E-state index in [1.165, 1.54) is 11.8 Å². The topological polar surface area (TPSA) is 72.0 Å². The van der Waals surface area contributed by atoms with Crippen LogP contribution in [0.4, 0.5) is 0 Å². The second-order valence-corrected chi connectivity index (χ2v) is 4.25. The number of hydrogen-bond acceptors (Lipinski definition) is 6. The normalized spacial score (nSPS) is 10.7. The first-order chi connectivity index (χ1) is 7.69. The first-order valence-corrected chi connectivity index (χ1v) is 5.55. The Kier molecular flexibility index (Phi) is 3.21. The average Bonchev–Trinajstić information content (AvgIpc) is 2.67. The van der Waals surface area contributed by atoms with Crippen LogP contribution in [0.5, 0.6) is 0 Å². The molecule has 0 radical (unpaired) electrons. The van der Waals surface area contributed by atoms with E-state index in [0.717, 1.165) is 16.2 Å². The Balaban J connectivity index is 2.21. The average molecular weight is 237 g/mol. The highest BCUT2D eigenvalue weighted by Crippen LogP contribution is 2.27. The second kappa shape index (κ2) is 4.63. The van der Waals surface area contributed by atoms with E-state index in [-0.39, 0.29) is 6.61 Å². The Hall–Kier alpha value is -1.40. The smallest absolute Gasteiger partial charge is 0.282 e. The number of aromatic nitrogens is 3. The highest BCUT2D eigenvalue weighted by atomic mass is 32.2. The van der Waals surface area contributed by atoms with Gasteiger partial charge in [-0.2, -0.15) is 0 Å². The van der Waals surface area contributed by atoms with Crippen molar-refractivity contribution in [3.63, 3.8) is 0 Å². The Labute approximate surface area is 96.9 Å². The van der Waals surface area contributed by atoms with Crippen LogP contribution in [0.25, 0.3) is 0 Å². The monoisotopic (exact) mass is 237 g/mol. The molecule has 0 aromatic carbocycles. The second-order valence-electron chi connectivity index (χ2n) is 3.31. The first-order valence-electron chi connectivity index (χ1n) is 4.73. The maximum Gasteiger partial charge on any atom is 0.282 e. The lowest BCUT2D eigenvalue weighted by Gasteiger charge is -2.02. The van der Waals surface area contributed by atoms with Crippen molar-refractivity contribution < 1.29 is 9.52 Å². The lowest BCUT2D eigenvalue weighted by Crippen LogP contribution is -1.90. The van der Waals surface area contributed by atoms with Crippen LogP contribution in [0.15, 0.2) is 26.9 Å². The van der Waals surface area contributed by atoms with Crippen molar-refractivity contribution in [1.82, 2.24) is 15.2 Å². The van der Waals surface area contributed by atoms with Crippen molar-refractivity contribution in [3.05, 3.63) is 29.3 Å². The van der Waals surface area contributed by atoms with Crippen molar-refractivity contribution in [1.29, 1.82) is 0 Å². The van der Waals surface area contributed by atoms with Crippen LogP contribution in [-0.2, 0) is 6.61 Å². The van der Waals surface area contributed by atoms with Crippen LogP contribution in [0.3, 0.4) is 0 Å². The molecule has 1 N–H and O–H groups in total. The number of rotatable bonds is 3. The molecule has 2 aromatic heterocycles. The number of aryl methyl sites for hydroxylation is 2. The number of aliphatic hydroxyl groups is 1. The van der Waals surface area contributed by atoms with Gasteiger partial charge >= 0.3 is 0 Å². The summed E-state index contributed by atoms with van der Waals surface area (Å²) in [5.41, 5.74) is 1.77. The third kappa shape index (κ3) is 2.40. The van der Waals surface area contributed by atoms with Crippen LogP contribution >= 0.6 is 11.8 Å². The Bertz CT molecular complexity index is 499. The van der Waals surface area contributed by atoms with E-state index in [1.54, 1.807) is 13.1 Å². The van der Waals surface area contributed by atoms with Gasteiger partial charge in [0.25, 0.3) is 5.22 Å². The molecule has 0 aliphatic carbocycles. The third-order valence-electron chi connectivity index (χ3n) is 1.96. The predicted molar refractivity (Wildman–Crippen MR) is 58.1 cm³/mol. The minimum Gasteiger partial charge on any atom is -0.416 e. The number of pyridine rings is 1. The van der Waals surface area contributed by atoms with Gasteiger partial charge in [0.1, 0.15) is 5.03 Å².